The summed E-state index contributed by atoms with van der Waals surface area (Å²) < 4.78 is -0.610. The van der Waals surface area contributed by atoms with Crippen LogP contribution in [0.5, 0.6) is 0 Å². The minimum atomic E-state index is -0.610. The fourth-order valence-electron chi connectivity index (χ4n) is 2.44. The van der Waals surface area contributed by atoms with E-state index >= 15 is 0 Å². The zero-order chi connectivity index (χ0) is 15.0. The molecule has 0 aromatic heterocycles. The first-order valence-corrected chi connectivity index (χ1v) is 9.38. The summed E-state index contributed by atoms with van der Waals surface area (Å²) in [6.07, 6.45) is 0. The number of aryl methyl sites for hydroxylation is 1. The molecule has 0 radical (unpaired) electrons. The number of hydrogen-bond acceptors (Lipinski definition) is 2. The van der Waals surface area contributed by atoms with Gasteiger partial charge >= 0.3 is 0 Å². The molecular formula is C17H14Br2OS. The van der Waals surface area contributed by atoms with Crippen LogP contribution < -0.4 is 0 Å². The van der Waals surface area contributed by atoms with Crippen molar-refractivity contribution in [1.29, 1.82) is 0 Å². The van der Waals surface area contributed by atoms with Gasteiger partial charge in [0.15, 0.2) is 5.78 Å². The second-order valence-corrected chi connectivity index (χ2v) is 8.60. The minimum Gasteiger partial charge on any atom is -0.292 e. The Kier molecular flexibility index (Phi) is 4.30. The highest BCUT2D eigenvalue weighted by molar-refractivity contribution is 9.12. The van der Waals surface area contributed by atoms with Crippen molar-refractivity contribution in [3.05, 3.63) is 65.2 Å². The molecule has 3 rings (SSSR count). The fraction of sp³-hybridized carbons (Fsp3) is 0.235. The summed E-state index contributed by atoms with van der Waals surface area (Å²) in [4.78, 5) is 13.9. The van der Waals surface area contributed by atoms with Crippen molar-refractivity contribution >= 4 is 49.4 Å². The Morgan fingerprint density at radius 2 is 1.81 bits per heavy atom. The smallest absolute Gasteiger partial charge is 0.182 e. The van der Waals surface area contributed by atoms with Crippen molar-refractivity contribution in [2.45, 2.75) is 21.0 Å². The fourth-order valence-corrected chi connectivity index (χ4v) is 5.31. The number of thioether (sulfide) groups is 1. The molecule has 0 saturated carbocycles. The Hall–Kier alpha value is -0.580. The van der Waals surface area contributed by atoms with Crippen molar-refractivity contribution < 1.29 is 4.79 Å². The lowest BCUT2D eigenvalue weighted by Gasteiger charge is -2.35. The topological polar surface area (TPSA) is 17.1 Å². The first-order chi connectivity index (χ1) is 10.0. The Balaban J connectivity index is 1.98. The van der Waals surface area contributed by atoms with Gasteiger partial charge in [-0.05, 0) is 18.6 Å². The lowest BCUT2D eigenvalue weighted by atomic mass is 9.91. The predicted octanol–water partition coefficient (Wildman–Crippen LogP) is 5.55. The van der Waals surface area contributed by atoms with Crippen LogP contribution in [-0.2, 0) is 0 Å². The van der Waals surface area contributed by atoms with Gasteiger partial charge in [-0.25, -0.2) is 0 Å². The van der Waals surface area contributed by atoms with Gasteiger partial charge in [0, 0.05) is 16.2 Å². The number of Topliss-reactive ketones (excluding diaryl/α,β-unsaturated/α-hetero) is 1. The van der Waals surface area contributed by atoms with Gasteiger partial charge in [-0.2, -0.15) is 0 Å². The molecule has 108 valence electrons. The van der Waals surface area contributed by atoms with E-state index in [4.69, 9.17) is 0 Å². The summed E-state index contributed by atoms with van der Waals surface area (Å²) in [6.45, 7) is 2.06. The average Bonchev–Trinajstić information content (AvgIpc) is 2.51. The van der Waals surface area contributed by atoms with Crippen LogP contribution in [0.1, 0.15) is 26.3 Å². The van der Waals surface area contributed by atoms with Crippen LogP contribution in [0.25, 0.3) is 0 Å². The molecule has 4 heteroatoms. The zero-order valence-electron chi connectivity index (χ0n) is 11.5. The first-order valence-electron chi connectivity index (χ1n) is 6.68. The van der Waals surface area contributed by atoms with E-state index in [1.54, 1.807) is 11.8 Å². The summed E-state index contributed by atoms with van der Waals surface area (Å²) in [7, 11) is 0. The van der Waals surface area contributed by atoms with E-state index in [0.29, 0.717) is 5.75 Å². The van der Waals surface area contributed by atoms with E-state index < -0.39 is 4.32 Å². The average molecular weight is 426 g/mol. The Bertz CT molecular complexity index is 683. The van der Waals surface area contributed by atoms with E-state index in [9.17, 15) is 4.79 Å². The number of alkyl halides is 2. The van der Waals surface area contributed by atoms with Crippen LogP contribution in [0.15, 0.2) is 53.4 Å². The number of hydrogen-bond donors (Lipinski definition) is 0. The number of benzene rings is 2. The second-order valence-electron chi connectivity index (χ2n) is 5.25. The third-order valence-corrected chi connectivity index (χ3v) is 8.38. The molecule has 1 heterocycles. The molecule has 0 N–H and O–H groups in total. The standard InChI is InChI=1S/C17H14Br2OS/c1-11-6-8-12(9-7-11)15(18)17(19)10-21-14-5-3-2-4-13(14)16(17)20/h2-9,15H,10H2,1H3/t15-,17-/m1/s1. The lowest BCUT2D eigenvalue weighted by Crippen LogP contribution is -2.41. The molecule has 0 fully saturated rings. The minimum absolute atomic E-state index is 0.0565. The number of rotatable bonds is 2. The van der Waals surface area contributed by atoms with Crippen LogP contribution >= 0.6 is 43.6 Å². The van der Waals surface area contributed by atoms with E-state index in [0.717, 1.165) is 16.0 Å². The highest BCUT2D eigenvalue weighted by Gasteiger charge is 2.46. The van der Waals surface area contributed by atoms with Gasteiger partial charge in [0.2, 0.25) is 0 Å². The Morgan fingerprint density at radius 3 is 2.52 bits per heavy atom. The maximum atomic E-state index is 12.9. The largest absolute Gasteiger partial charge is 0.292 e. The summed E-state index contributed by atoms with van der Waals surface area (Å²) >= 11 is 9.20. The SMILES string of the molecule is Cc1ccc([C@@H](Br)[C@]2(Br)CSc3ccccc3C2=O)cc1. The third-order valence-electron chi connectivity index (χ3n) is 3.72. The maximum Gasteiger partial charge on any atom is 0.182 e. The highest BCUT2D eigenvalue weighted by Crippen LogP contribution is 2.49. The molecule has 1 nitrogen and oxygen atoms in total. The Morgan fingerprint density at radius 1 is 1.14 bits per heavy atom. The van der Waals surface area contributed by atoms with Gasteiger partial charge in [-0.1, -0.05) is 79.9 Å². The summed E-state index contributed by atoms with van der Waals surface area (Å²) in [5, 5.41) is 0. The van der Waals surface area contributed by atoms with Gasteiger partial charge in [0.1, 0.15) is 4.32 Å². The molecule has 0 spiro atoms. The number of ketones is 1. The predicted molar refractivity (Wildman–Crippen MR) is 96.0 cm³/mol. The molecule has 0 aliphatic carbocycles. The van der Waals surface area contributed by atoms with Crippen LogP contribution in [0, 0.1) is 6.92 Å². The Labute approximate surface area is 145 Å². The molecule has 0 unspecified atom stereocenters. The molecule has 0 saturated heterocycles. The van der Waals surface area contributed by atoms with E-state index in [1.165, 1.54) is 5.56 Å². The molecule has 1 aliphatic heterocycles. The number of fused-ring (bicyclic) bond motifs is 1. The first kappa shape index (κ1) is 15.3. The molecular weight excluding hydrogens is 412 g/mol. The van der Waals surface area contributed by atoms with Crippen molar-refractivity contribution in [2.75, 3.05) is 5.75 Å². The molecule has 1 aliphatic rings. The van der Waals surface area contributed by atoms with Crippen molar-refractivity contribution in [1.82, 2.24) is 0 Å². The molecule has 0 bridgehead atoms. The van der Waals surface area contributed by atoms with Crippen molar-refractivity contribution in [2.24, 2.45) is 0 Å². The summed E-state index contributed by atoms with van der Waals surface area (Å²) in [5.41, 5.74) is 3.14. The summed E-state index contributed by atoms with van der Waals surface area (Å²) in [5.74, 6) is 0.867. The van der Waals surface area contributed by atoms with Crippen LogP contribution in [-0.4, -0.2) is 15.9 Å². The molecule has 2 atom stereocenters. The van der Waals surface area contributed by atoms with Crippen LogP contribution in [0.2, 0.25) is 0 Å². The van der Waals surface area contributed by atoms with E-state index in [1.807, 2.05) is 24.3 Å². The summed E-state index contributed by atoms with van der Waals surface area (Å²) in [6, 6.07) is 16.1. The van der Waals surface area contributed by atoms with Gasteiger partial charge in [-0.15, -0.1) is 11.8 Å². The van der Waals surface area contributed by atoms with Gasteiger partial charge in [-0.3, -0.25) is 4.79 Å². The number of carbonyl (C=O) groups is 1. The maximum absolute atomic E-state index is 12.9. The van der Waals surface area contributed by atoms with E-state index in [-0.39, 0.29) is 10.6 Å². The van der Waals surface area contributed by atoms with Gasteiger partial charge in [0.05, 0.1) is 4.83 Å². The van der Waals surface area contributed by atoms with Gasteiger partial charge in [0.25, 0.3) is 0 Å². The van der Waals surface area contributed by atoms with Crippen LogP contribution in [0.4, 0.5) is 0 Å². The quantitative estimate of drug-likeness (QED) is 0.586. The highest BCUT2D eigenvalue weighted by atomic mass is 79.9. The lowest BCUT2D eigenvalue weighted by molar-refractivity contribution is 0.0950. The zero-order valence-corrected chi connectivity index (χ0v) is 15.5. The van der Waals surface area contributed by atoms with Crippen LogP contribution in [0.3, 0.4) is 0 Å². The monoisotopic (exact) mass is 424 g/mol. The third kappa shape index (κ3) is 2.73. The van der Waals surface area contributed by atoms with Gasteiger partial charge < -0.3 is 0 Å². The normalized spacial score (nSPS) is 22.7. The molecule has 0 amide bonds. The molecule has 2 aromatic rings. The molecule has 2 aromatic carbocycles. The van der Waals surface area contributed by atoms with E-state index in [2.05, 4.69) is 63.0 Å². The van der Waals surface area contributed by atoms with Crippen molar-refractivity contribution in [3.63, 3.8) is 0 Å². The van der Waals surface area contributed by atoms with Crippen molar-refractivity contribution in [3.8, 4) is 0 Å². The number of halogens is 2. The second kappa shape index (κ2) is 5.90. The number of carbonyl (C=O) groups excluding carboxylic acids is 1. The molecule has 21 heavy (non-hydrogen) atoms.